The molecule has 0 atom stereocenters. The molecule has 4 aromatic rings. The average Bonchev–Trinajstić information content (AvgIpc) is 3.44. The predicted molar refractivity (Wildman–Crippen MR) is 136 cm³/mol. The molecule has 2 aromatic heterocycles. The van der Waals surface area contributed by atoms with Crippen molar-refractivity contribution in [1.29, 1.82) is 0 Å². The number of aryl methyl sites for hydroxylation is 1. The zero-order valence-electron chi connectivity index (χ0n) is 20.4. The molecule has 37 heavy (non-hydrogen) atoms. The standard InChI is InChI=1S/C27H27F2N5O3/c1-13-15(17-10-19(29)20(30)11-18(17)28)6-7-16-23(13)34(14-4-5-14)25(35)22-24(16)37-21(33-22)12-32-26(36)27(31)8-2-3-9-27/h6-7,10-11,14H,2-5,8-9,12,30-31H2,1H3,(H,32,36). The van der Waals surface area contributed by atoms with Crippen LogP contribution in [0.5, 0.6) is 0 Å². The minimum atomic E-state index is -0.887. The van der Waals surface area contributed by atoms with E-state index in [1.807, 2.05) is 0 Å². The predicted octanol–water partition coefficient (Wildman–Crippen LogP) is 4.20. The lowest BCUT2D eigenvalue weighted by Crippen LogP contribution is -2.51. The van der Waals surface area contributed by atoms with E-state index in [1.54, 1.807) is 23.6 Å². The second kappa shape index (κ2) is 8.37. The molecule has 6 rings (SSSR count). The van der Waals surface area contributed by atoms with Gasteiger partial charge in [0.15, 0.2) is 11.1 Å². The van der Waals surface area contributed by atoms with Gasteiger partial charge in [-0.3, -0.25) is 9.59 Å². The molecule has 0 unspecified atom stereocenters. The molecule has 2 heterocycles. The fraction of sp³-hybridized carbons (Fsp3) is 0.370. The monoisotopic (exact) mass is 507 g/mol. The molecule has 0 bridgehead atoms. The summed E-state index contributed by atoms with van der Waals surface area (Å²) in [6.45, 7) is 1.78. The van der Waals surface area contributed by atoms with Gasteiger partial charge in [0.1, 0.15) is 11.6 Å². The second-order valence-electron chi connectivity index (χ2n) is 10.2. The number of nitrogens with two attached hydrogens (primary N) is 2. The van der Waals surface area contributed by atoms with Crippen molar-refractivity contribution in [2.45, 2.75) is 63.6 Å². The number of amides is 1. The molecular formula is C27H27F2N5O3. The lowest BCUT2D eigenvalue weighted by Gasteiger charge is -2.21. The topological polar surface area (TPSA) is 129 Å². The van der Waals surface area contributed by atoms with E-state index >= 15 is 0 Å². The molecular weight excluding hydrogens is 480 g/mol. The Morgan fingerprint density at radius 1 is 1.19 bits per heavy atom. The van der Waals surface area contributed by atoms with Crippen molar-refractivity contribution in [2.24, 2.45) is 5.73 Å². The first-order chi connectivity index (χ1) is 17.7. The van der Waals surface area contributed by atoms with E-state index < -0.39 is 17.2 Å². The highest BCUT2D eigenvalue weighted by Gasteiger charge is 2.37. The Balaban J connectivity index is 1.47. The SMILES string of the molecule is Cc1c(-c2cc(F)c(N)cc2F)ccc2c3oc(CNC(=O)C4(N)CCCC4)nc3c(=O)n(C3CC3)c12. The van der Waals surface area contributed by atoms with Gasteiger partial charge < -0.3 is 25.8 Å². The van der Waals surface area contributed by atoms with E-state index in [9.17, 15) is 18.4 Å². The average molecular weight is 508 g/mol. The van der Waals surface area contributed by atoms with Crippen LogP contribution < -0.4 is 22.3 Å². The number of nitrogen functional groups attached to an aromatic ring is 1. The van der Waals surface area contributed by atoms with Crippen LogP contribution in [0.25, 0.3) is 33.1 Å². The maximum absolute atomic E-state index is 14.8. The number of anilines is 1. The first-order valence-corrected chi connectivity index (χ1v) is 12.5. The number of pyridine rings is 1. The van der Waals surface area contributed by atoms with Crippen LogP contribution in [-0.4, -0.2) is 21.0 Å². The highest BCUT2D eigenvalue weighted by atomic mass is 19.1. The third-order valence-corrected chi connectivity index (χ3v) is 7.65. The molecule has 192 valence electrons. The molecule has 0 radical (unpaired) electrons. The minimum Gasteiger partial charge on any atom is -0.438 e. The Labute approximate surface area is 210 Å². The smallest absolute Gasteiger partial charge is 0.281 e. The van der Waals surface area contributed by atoms with Crippen molar-refractivity contribution < 1.29 is 18.0 Å². The van der Waals surface area contributed by atoms with Gasteiger partial charge >= 0.3 is 0 Å². The van der Waals surface area contributed by atoms with Gasteiger partial charge in [-0.2, -0.15) is 0 Å². The molecule has 0 saturated heterocycles. The molecule has 1 amide bonds. The number of oxazole rings is 1. The van der Waals surface area contributed by atoms with Crippen LogP contribution >= 0.6 is 0 Å². The van der Waals surface area contributed by atoms with Gasteiger partial charge in [-0.1, -0.05) is 18.9 Å². The van der Waals surface area contributed by atoms with E-state index in [0.29, 0.717) is 40.5 Å². The van der Waals surface area contributed by atoms with Gasteiger partial charge in [-0.15, -0.1) is 0 Å². The molecule has 8 nitrogen and oxygen atoms in total. The zero-order chi connectivity index (χ0) is 26.1. The fourth-order valence-corrected chi connectivity index (χ4v) is 5.48. The first kappa shape index (κ1) is 23.6. The van der Waals surface area contributed by atoms with Crippen molar-refractivity contribution in [3.63, 3.8) is 0 Å². The number of aromatic nitrogens is 2. The van der Waals surface area contributed by atoms with Gasteiger partial charge in [0.2, 0.25) is 11.8 Å². The van der Waals surface area contributed by atoms with Gasteiger partial charge in [0.25, 0.3) is 5.56 Å². The molecule has 2 saturated carbocycles. The molecule has 10 heteroatoms. The van der Waals surface area contributed by atoms with Crippen molar-refractivity contribution >= 4 is 33.6 Å². The summed E-state index contributed by atoms with van der Waals surface area (Å²) in [5.74, 6) is -1.43. The summed E-state index contributed by atoms with van der Waals surface area (Å²) in [5.41, 5.74) is 12.5. The summed E-state index contributed by atoms with van der Waals surface area (Å²) in [5, 5.41) is 3.44. The number of fused-ring (bicyclic) bond motifs is 3. The van der Waals surface area contributed by atoms with Crippen molar-refractivity contribution in [3.8, 4) is 11.1 Å². The molecule has 2 aromatic carbocycles. The lowest BCUT2D eigenvalue weighted by atomic mass is 9.96. The third-order valence-electron chi connectivity index (χ3n) is 7.65. The summed E-state index contributed by atoms with van der Waals surface area (Å²) < 4.78 is 36.7. The molecule has 2 aliphatic rings. The van der Waals surface area contributed by atoms with Crippen LogP contribution in [0.1, 0.15) is 56.0 Å². The number of benzene rings is 2. The summed E-state index contributed by atoms with van der Waals surface area (Å²) in [6, 6.07) is 5.42. The summed E-state index contributed by atoms with van der Waals surface area (Å²) in [6.07, 6.45) is 4.73. The summed E-state index contributed by atoms with van der Waals surface area (Å²) in [4.78, 5) is 30.6. The van der Waals surface area contributed by atoms with E-state index in [4.69, 9.17) is 15.9 Å². The largest absolute Gasteiger partial charge is 0.438 e. The highest BCUT2D eigenvalue weighted by molar-refractivity contribution is 6.04. The highest BCUT2D eigenvalue weighted by Crippen LogP contribution is 2.41. The Hall–Kier alpha value is -3.79. The second-order valence-corrected chi connectivity index (χ2v) is 10.2. The molecule has 0 aliphatic heterocycles. The van der Waals surface area contributed by atoms with E-state index in [-0.39, 0.29) is 46.7 Å². The number of hydrogen-bond acceptors (Lipinski definition) is 6. The van der Waals surface area contributed by atoms with Crippen LogP contribution in [0.2, 0.25) is 0 Å². The Kier molecular flexibility index (Phi) is 5.34. The number of hydrogen-bond donors (Lipinski definition) is 3. The van der Waals surface area contributed by atoms with E-state index in [2.05, 4.69) is 10.3 Å². The third kappa shape index (κ3) is 3.78. The lowest BCUT2D eigenvalue weighted by molar-refractivity contribution is -0.126. The number of nitrogens with zero attached hydrogens (tertiary/aromatic N) is 2. The molecule has 2 fully saturated rings. The van der Waals surface area contributed by atoms with E-state index in [0.717, 1.165) is 37.8 Å². The van der Waals surface area contributed by atoms with Gasteiger partial charge in [0, 0.05) is 23.1 Å². The van der Waals surface area contributed by atoms with Gasteiger partial charge in [-0.25, -0.2) is 13.8 Å². The maximum atomic E-state index is 14.8. The van der Waals surface area contributed by atoms with Gasteiger partial charge in [-0.05, 0) is 55.9 Å². The minimum absolute atomic E-state index is 0.00379. The molecule has 5 N–H and O–H groups in total. The van der Waals surface area contributed by atoms with Crippen molar-refractivity contribution in [2.75, 3.05) is 5.73 Å². The fourth-order valence-electron chi connectivity index (χ4n) is 5.48. The quantitative estimate of drug-likeness (QED) is 0.347. The van der Waals surface area contributed by atoms with Crippen LogP contribution in [0.3, 0.4) is 0 Å². The number of nitrogens with one attached hydrogen (secondary N) is 1. The van der Waals surface area contributed by atoms with E-state index in [1.165, 1.54) is 0 Å². The maximum Gasteiger partial charge on any atom is 0.281 e. The number of halogens is 2. The normalized spacial score (nSPS) is 17.1. The van der Waals surface area contributed by atoms with Gasteiger partial charge in [0.05, 0.1) is 23.3 Å². The van der Waals surface area contributed by atoms with Crippen LogP contribution in [0.15, 0.2) is 33.5 Å². The molecule has 2 aliphatic carbocycles. The molecule has 0 spiro atoms. The number of carbonyl (C=O) groups is 1. The van der Waals surface area contributed by atoms with Crippen LogP contribution in [0.4, 0.5) is 14.5 Å². The summed E-state index contributed by atoms with van der Waals surface area (Å²) in [7, 11) is 0. The number of rotatable bonds is 5. The Morgan fingerprint density at radius 3 is 2.62 bits per heavy atom. The van der Waals surface area contributed by atoms with Crippen LogP contribution in [0, 0.1) is 18.6 Å². The first-order valence-electron chi connectivity index (χ1n) is 12.5. The van der Waals surface area contributed by atoms with Crippen molar-refractivity contribution in [1.82, 2.24) is 14.9 Å². The summed E-state index contributed by atoms with van der Waals surface area (Å²) >= 11 is 0. The van der Waals surface area contributed by atoms with Crippen molar-refractivity contribution in [3.05, 3.63) is 57.7 Å². The van der Waals surface area contributed by atoms with Crippen LogP contribution in [-0.2, 0) is 11.3 Å². The zero-order valence-corrected chi connectivity index (χ0v) is 20.4. The number of carbonyl (C=O) groups excluding carboxylic acids is 1. The Morgan fingerprint density at radius 2 is 1.92 bits per heavy atom. The Bertz CT molecular complexity index is 1650.